The fraction of sp³-hybridized carbons (Fsp3) is 0.357. The van der Waals surface area contributed by atoms with Gasteiger partial charge in [0.15, 0.2) is 5.58 Å². The van der Waals surface area contributed by atoms with Crippen LogP contribution in [0.1, 0.15) is 31.4 Å². The lowest BCUT2D eigenvalue weighted by Crippen LogP contribution is -2.30. The van der Waals surface area contributed by atoms with Crippen LogP contribution in [-0.4, -0.2) is 28.3 Å². The van der Waals surface area contributed by atoms with Crippen molar-refractivity contribution < 1.29 is 12.9 Å². The molecule has 0 saturated carbocycles. The molecule has 0 aliphatic carbocycles. The van der Waals surface area contributed by atoms with Crippen LogP contribution >= 0.6 is 0 Å². The van der Waals surface area contributed by atoms with Gasteiger partial charge in [0.2, 0.25) is 10.0 Å². The van der Waals surface area contributed by atoms with E-state index in [-0.39, 0.29) is 5.75 Å². The minimum atomic E-state index is -3.60. The summed E-state index contributed by atoms with van der Waals surface area (Å²) in [6.45, 7) is 4.27. The van der Waals surface area contributed by atoms with Crippen molar-refractivity contribution in [2.24, 2.45) is 0 Å². The Bertz CT molecular complexity index is 915. The Morgan fingerprint density at radius 1 is 1.35 bits per heavy atom. The van der Waals surface area contributed by atoms with Gasteiger partial charge in [-0.05, 0) is 26.0 Å². The van der Waals surface area contributed by atoms with Gasteiger partial charge in [0.25, 0.3) is 0 Å². The van der Waals surface area contributed by atoms with Gasteiger partial charge < -0.3 is 4.52 Å². The number of aromatic nitrogens is 4. The summed E-state index contributed by atoms with van der Waals surface area (Å²) in [6, 6.07) is 6.67. The molecular weight excluding hydrogens is 318 g/mol. The third-order valence-electron chi connectivity index (χ3n) is 3.47. The molecule has 0 spiro atoms. The molecule has 9 heteroatoms. The molecule has 0 radical (unpaired) electrons. The van der Waals surface area contributed by atoms with Crippen molar-refractivity contribution in [1.29, 1.82) is 0 Å². The van der Waals surface area contributed by atoms with Gasteiger partial charge in [0.1, 0.15) is 23.6 Å². The van der Waals surface area contributed by atoms with Crippen LogP contribution in [0.5, 0.6) is 0 Å². The molecule has 3 rings (SSSR count). The summed E-state index contributed by atoms with van der Waals surface area (Å²) >= 11 is 0. The van der Waals surface area contributed by atoms with E-state index in [1.807, 2.05) is 19.1 Å². The van der Waals surface area contributed by atoms with E-state index in [1.165, 1.54) is 6.33 Å². The van der Waals surface area contributed by atoms with E-state index < -0.39 is 16.1 Å². The van der Waals surface area contributed by atoms with Gasteiger partial charge in [-0.3, -0.25) is 0 Å². The van der Waals surface area contributed by atoms with Gasteiger partial charge in [-0.1, -0.05) is 17.3 Å². The number of aryl methyl sites for hydroxylation is 1. The molecule has 3 aromatic rings. The largest absolute Gasteiger partial charge is 0.356 e. The van der Waals surface area contributed by atoms with Gasteiger partial charge >= 0.3 is 0 Å². The molecular formula is C14H17N5O3S. The molecule has 1 atom stereocenters. The Kier molecular flexibility index (Phi) is 4.14. The third kappa shape index (κ3) is 3.25. The van der Waals surface area contributed by atoms with Crippen LogP contribution < -0.4 is 4.72 Å². The highest BCUT2D eigenvalue weighted by atomic mass is 32.2. The lowest BCUT2D eigenvalue weighted by atomic mass is 10.2. The van der Waals surface area contributed by atoms with Gasteiger partial charge in [-0.25, -0.2) is 22.8 Å². The Morgan fingerprint density at radius 3 is 2.91 bits per heavy atom. The zero-order valence-electron chi connectivity index (χ0n) is 12.8. The summed E-state index contributed by atoms with van der Waals surface area (Å²) < 4.78 is 34.2. The van der Waals surface area contributed by atoms with E-state index in [2.05, 4.69) is 20.0 Å². The van der Waals surface area contributed by atoms with Gasteiger partial charge in [0, 0.05) is 11.9 Å². The molecule has 1 unspecified atom stereocenters. The van der Waals surface area contributed by atoms with Crippen molar-refractivity contribution in [1.82, 2.24) is 24.6 Å². The summed E-state index contributed by atoms with van der Waals surface area (Å²) in [5, 5.41) is 8.60. The minimum absolute atomic E-state index is 0.255. The zero-order chi connectivity index (χ0) is 16.4. The van der Waals surface area contributed by atoms with Crippen molar-refractivity contribution in [3.63, 3.8) is 0 Å². The average Bonchev–Trinajstić information content (AvgIpc) is 3.13. The lowest BCUT2D eigenvalue weighted by molar-refractivity contribution is 0.448. The van der Waals surface area contributed by atoms with Gasteiger partial charge in [-0.2, -0.15) is 5.10 Å². The molecule has 0 aliphatic rings. The molecule has 0 amide bonds. The predicted molar refractivity (Wildman–Crippen MR) is 83.9 cm³/mol. The number of nitrogens with one attached hydrogen (secondary N) is 1. The average molecular weight is 335 g/mol. The predicted octanol–water partition coefficient (Wildman–Crippen LogP) is 1.62. The third-order valence-corrected chi connectivity index (χ3v) is 4.83. The normalized spacial score (nSPS) is 13.5. The smallest absolute Gasteiger partial charge is 0.218 e. The van der Waals surface area contributed by atoms with Crippen LogP contribution in [0.3, 0.4) is 0 Å². The van der Waals surface area contributed by atoms with E-state index in [9.17, 15) is 8.42 Å². The summed E-state index contributed by atoms with van der Waals surface area (Å²) in [7, 11) is -3.60. The second kappa shape index (κ2) is 6.09. The monoisotopic (exact) mass is 335 g/mol. The number of nitrogens with zero attached hydrogens (tertiary/aromatic N) is 4. The fourth-order valence-electron chi connectivity index (χ4n) is 2.44. The molecule has 122 valence electrons. The van der Waals surface area contributed by atoms with Crippen molar-refractivity contribution in [3.8, 4) is 0 Å². The number of benzene rings is 1. The standard InChI is InChI=1S/C14H17N5O3S/c1-3-19-14(15-9-16-19)10(2)18-23(20,21)8-12-11-6-4-5-7-13(11)22-17-12/h4-7,9-10,18H,3,8H2,1-2H3. The van der Waals surface area contributed by atoms with E-state index in [0.29, 0.717) is 29.0 Å². The number of hydrogen-bond acceptors (Lipinski definition) is 6. The van der Waals surface area contributed by atoms with Crippen molar-refractivity contribution in [3.05, 3.63) is 42.1 Å². The molecule has 1 N–H and O–H groups in total. The van der Waals surface area contributed by atoms with Crippen LogP contribution in [-0.2, 0) is 22.3 Å². The minimum Gasteiger partial charge on any atom is -0.356 e. The van der Waals surface area contributed by atoms with Crippen molar-refractivity contribution in [2.75, 3.05) is 0 Å². The summed E-state index contributed by atoms with van der Waals surface area (Å²) in [5.41, 5.74) is 0.953. The van der Waals surface area contributed by atoms with Crippen LogP contribution in [0.4, 0.5) is 0 Å². The number of rotatable bonds is 6. The van der Waals surface area contributed by atoms with Gasteiger partial charge in [0.05, 0.1) is 6.04 Å². The topological polar surface area (TPSA) is 103 Å². The first-order valence-corrected chi connectivity index (χ1v) is 8.86. The maximum absolute atomic E-state index is 12.4. The van der Waals surface area contributed by atoms with E-state index in [1.54, 1.807) is 23.7 Å². The van der Waals surface area contributed by atoms with Crippen molar-refractivity contribution in [2.45, 2.75) is 32.2 Å². The van der Waals surface area contributed by atoms with E-state index >= 15 is 0 Å². The molecule has 0 saturated heterocycles. The highest BCUT2D eigenvalue weighted by Crippen LogP contribution is 2.20. The number of hydrogen-bond donors (Lipinski definition) is 1. The lowest BCUT2D eigenvalue weighted by Gasteiger charge is -2.13. The first-order chi connectivity index (χ1) is 11.0. The SMILES string of the molecule is CCn1ncnc1C(C)NS(=O)(=O)Cc1noc2ccccc12. The molecule has 0 bridgehead atoms. The molecule has 8 nitrogen and oxygen atoms in total. The first-order valence-electron chi connectivity index (χ1n) is 7.21. The number of sulfonamides is 1. The maximum atomic E-state index is 12.4. The maximum Gasteiger partial charge on any atom is 0.218 e. The second-order valence-electron chi connectivity index (χ2n) is 5.16. The Balaban J connectivity index is 1.79. The summed E-state index contributed by atoms with van der Waals surface area (Å²) in [6.07, 6.45) is 1.41. The van der Waals surface area contributed by atoms with Gasteiger partial charge in [-0.15, -0.1) is 0 Å². The first kappa shape index (κ1) is 15.6. The molecule has 0 fully saturated rings. The van der Waals surface area contributed by atoms with Crippen LogP contribution in [0.25, 0.3) is 11.0 Å². The molecule has 23 heavy (non-hydrogen) atoms. The van der Waals surface area contributed by atoms with Crippen molar-refractivity contribution >= 4 is 21.0 Å². The highest BCUT2D eigenvalue weighted by Gasteiger charge is 2.22. The fourth-order valence-corrected chi connectivity index (χ4v) is 3.73. The van der Waals surface area contributed by atoms with Crippen LogP contribution in [0.2, 0.25) is 0 Å². The van der Waals surface area contributed by atoms with Crippen LogP contribution in [0.15, 0.2) is 35.1 Å². The summed E-state index contributed by atoms with van der Waals surface area (Å²) in [5.74, 6) is 0.315. The number of fused-ring (bicyclic) bond motifs is 1. The number of para-hydroxylation sites is 1. The molecule has 0 aliphatic heterocycles. The molecule has 1 aromatic carbocycles. The Labute approximate surface area is 133 Å². The van der Waals surface area contributed by atoms with E-state index in [0.717, 1.165) is 0 Å². The molecule has 2 aromatic heterocycles. The van der Waals surface area contributed by atoms with Crippen LogP contribution in [0, 0.1) is 0 Å². The Hall–Kier alpha value is -2.26. The zero-order valence-corrected chi connectivity index (χ0v) is 13.6. The second-order valence-corrected chi connectivity index (χ2v) is 6.91. The summed E-state index contributed by atoms with van der Waals surface area (Å²) in [4.78, 5) is 4.11. The molecule has 2 heterocycles. The van der Waals surface area contributed by atoms with E-state index in [4.69, 9.17) is 4.52 Å². The quantitative estimate of drug-likeness (QED) is 0.734. The highest BCUT2D eigenvalue weighted by molar-refractivity contribution is 7.88. The Morgan fingerprint density at radius 2 is 2.13 bits per heavy atom.